The molecule has 1 aliphatic heterocycles. The zero-order valence-electron chi connectivity index (χ0n) is 16.5. The van der Waals surface area contributed by atoms with Crippen molar-refractivity contribution >= 4 is 11.6 Å². The van der Waals surface area contributed by atoms with E-state index in [1.807, 2.05) is 0 Å². The minimum absolute atomic E-state index is 0.215. The van der Waals surface area contributed by atoms with Crippen LogP contribution in [0, 0.1) is 0 Å². The van der Waals surface area contributed by atoms with Crippen molar-refractivity contribution in [1.82, 2.24) is 10.6 Å². The monoisotopic (exact) mass is 366 g/mol. The predicted molar refractivity (Wildman–Crippen MR) is 112 cm³/mol. The van der Waals surface area contributed by atoms with Crippen molar-refractivity contribution in [3.63, 3.8) is 0 Å². The minimum atomic E-state index is 0.215. The van der Waals surface area contributed by atoms with Gasteiger partial charge in [0.15, 0.2) is 5.96 Å². The van der Waals surface area contributed by atoms with Crippen molar-refractivity contribution in [2.75, 3.05) is 32.2 Å². The van der Waals surface area contributed by atoms with Gasteiger partial charge in [0, 0.05) is 45.5 Å². The van der Waals surface area contributed by atoms with Gasteiger partial charge in [-0.3, -0.25) is 4.99 Å². The first-order chi connectivity index (χ1) is 13.2. The highest BCUT2D eigenvalue weighted by atomic mass is 16.5. The second-order valence-corrected chi connectivity index (χ2v) is 7.04. The molecule has 2 N–H and O–H groups in total. The van der Waals surface area contributed by atoms with E-state index in [2.05, 4.69) is 76.0 Å². The third kappa shape index (κ3) is 5.23. The van der Waals surface area contributed by atoms with Gasteiger partial charge >= 0.3 is 0 Å². The van der Waals surface area contributed by atoms with E-state index in [4.69, 9.17) is 4.74 Å². The lowest BCUT2D eigenvalue weighted by molar-refractivity contribution is 0.179. The quantitative estimate of drug-likeness (QED) is 0.584. The largest absolute Gasteiger partial charge is 0.383 e. The van der Waals surface area contributed by atoms with Crippen LogP contribution < -0.4 is 15.5 Å². The summed E-state index contributed by atoms with van der Waals surface area (Å²) in [7, 11) is 3.49. The molecule has 5 heteroatoms. The number of rotatable bonds is 7. The van der Waals surface area contributed by atoms with Gasteiger partial charge in [0.2, 0.25) is 0 Å². The molecule has 144 valence electrons. The second-order valence-electron chi connectivity index (χ2n) is 7.04. The van der Waals surface area contributed by atoms with Crippen LogP contribution in [-0.2, 0) is 24.2 Å². The van der Waals surface area contributed by atoms with E-state index in [0.29, 0.717) is 6.61 Å². The van der Waals surface area contributed by atoms with Crippen LogP contribution in [-0.4, -0.2) is 39.3 Å². The molecule has 3 rings (SSSR count). The molecule has 1 unspecified atom stereocenters. The van der Waals surface area contributed by atoms with E-state index in [-0.39, 0.29) is 6.04 Å². The van der Waals surface area contributed by atoms with E-state index in [0.717, 1.165) is 32.0 Å². The minimum Gasteiger partial charge on any atom is -0.383 e. The fourth-order valence-electron chi connectivity index (χ4n) is 3.46. The van der Waals surface area contributed by atoms with E-state index in [1.54, 1.807) is 14.2 Å². The molecule has 0 saturated carbocycles. The van der Waals surface area contributed by atoms with Gasteiger partial charge in [-0.25, -0.2) is 0 Å². The Bertz CT molecular complexity index is 757. The number of ether oxygens (including phenoxy) is 1. The zero-order valence-corrected chi connectivity index (χ0v) is 16.5. The number of guanidine groups is 1. The Labute approximate surface area is 162 Å². The Kier molecular flexibility index (Phi) is 6.71. The highest BCUT2D eigenvalue weighted by Crippen LogP contribution is 2.28. The summed E-state index contributed by atoms with van der Waals surface area (Å²) >= 11 is 0. The zero-order chi connectivity index (χ0) is 19.1. The molecule has 1 heterocycles. The smallest absolute Gasteiger partial charge is 0.191 e. The lowest BCUT2D eigenvalue weighted by atomic mass is 10.1. The summed E-state index contributed by atoms with van der Waals surface area (Å²) in [4.78, 5) is 6.73. The molecule has 5 nitrogen and oxygen atoms in total. The summed E-state index contributed by atoms with van der Waals surface area (Å²) in [6.45, 7) is 5.52. The van der Waals surface area contributed by atoms with Gasteiger partial charge in [-0.2, -0.15) is 0 Å². The molecule has 0 bridgehead atoms. The van der Waals surface area contributed by atoms with Gasteiger partial charge in [-0.1, -0.05) is 42.5 Å². The third-order valence-corrected chi connectivity index (χ3v) is 4.86. The van der Waals surface area contributed by atoms with Crippen molar-refractivity contribution in [2.24, 2.45) is 4.99 Å². The van der Waals surface area contributed by atoms with Crippen molar-refractivity contribution in [3.05, 3.63) is 65.2 Å². The first-order valence-corrected chi connectivity index (χ1v) is 9.56. The summed E-state index contributed by atoms with van der Waals surface area (Å²) < 4.78 is 5.15. The number of anilines is 1. The van der Waals surface area contributed by atoms with Gasteiger partial charge in [0.1, 0.15) is 0 Å². The van der Waals surface area contributed by atoms with Gasteiger partial charge in [0.25, 0.3) is 0 Å². The Hall–Kier alpha value is -2.53. The van der Waals surface area contributed by atoms with E-state index < -0.39 is 0 Å². The Balaban J connectivity index is 1.52. The molecule has 0 amide bonds. The second kappa shape index (κ2) is 9.42. The average molecular weight is 367 g/mol. The maximum atomic E-state index is 5.15. The molecule has 0 fully saturated rings. The Morgan fingerprint density at radius 1 is 1.15 bits per heavy atom. The van der Waals surface area contributed by atoms with Crippen LogP contribution in [0.15, 0.2) is 53.5 Å². The molecule has 27 heavy (non-hydrogen) atoms. The number of methoxy groups -OCH3 is 1. The topological polar surface area (TPSA) is 48.9 Å². The maximum absolute atomic E-state index is 5.15. The van der Waals surface area contributed by atoms with Crippen LogP contribution >= 0.6 is 0 Å². The fraction of sp³-hybridized carbons (Fsp3) is 0.409. The standard InChI is InChI=1S/C22H30N4O/c1-17(16-27-3)25-22(23-2)24-14-18-8-10-19(11-9-18)15-26-13-12-20-6-4-5-7-21(20)26/h4-11,17H,12-16H2,1-3H3,(H2,23,24,25). The van der Waals surface area contributed by atoms with Crippen LogP contribution in [0.4, 0.5) is 5.69 Å². The number of benzene rings is 2. The Morgan fingerprint density at radius 3 is 2.63 bits per heavy atom. The number of hydrogen-bond acceptors (Lipinski definition) is 3. The summed E-state index contributed by atoms with van der Waals surface area (Å²) in [6.07, 6.45) is 1.14. The van der Waals surface area contributed by atoms with Gasteiger partial charge in [-0.15, -0.1) is 0 Å². The summed E-state index contributed by atoms with van der Waals surface area (Å²) in [5, 5.41) is 6.67. The van der Waals surface area contributed by atoms with Crippen molar-refractivity contribution < 1.29 is 4.74 Å². The molecule has 0 radical (unpaired) electrons. The van der Waals surface area contributed by atoms with Crippen molar-refractivity contribution in [2.45, 2.75) is 32.5 Å². The van der Waals surface area contributed by atoms with Crippen molar-refractivity contribution in [3.8, 4) is 0 Å². The molecule has 2 aromatic carbocycles. The van der Waals surface area contributed by atoms with Crippen LogP contribution in [0.25, 0.3) is 0 Å². The fourth-order valence-corrected chi connectivity index (χ4v) is 3.46. The van der Waals surface area contributed by atoms with Gasteiger partial charge < -0.3 is 20.3 Å². The highest BCUT2D eigenvalue weighted by molar-refractivity contribution is 5.79. The number of aliphatic imine (C=N–C) groups is 1. The highest BCUT2D eigenvalue weighted by Gasteiger charge is 2.18. The maximum Gasteiger partial charge on any atom is 0.191 e. The van der Waals surface area contributed by atoms with Crippen LogP contribution in [0.3, 0.4) is 0 Å². The van der Waals surface area contributed by atoms with E-state index in [1.165, 1.54) is 22.4 Å². The molecule has 1 atom stereocenters. The number of fused-ring (bicyclic) bond motifs is 1. The molecule has 0 aromatic heterocycles. The number of nitrogens with one attached hydrogen (secondary N) is 2. The predicted octanol–water partition coefficient (Wildman–Crippen LogP) is 2.95. The molecular weight excluding hydrogens is 336 g/mol. The lowest BCUT2D eigenvalue weighted by Crippen LogP contribution is -2.43. The SMILES string of the molecule is CN=C(NCc1ccc(CN2CCc3ccccc32)cc1)NC(C)COC. The number of hydrogen-bond donors (Lipinski definition) is 2. The van der Waals surface area contributed by atoms with Crippen LogP contribution in [0.2, 0.25) is 0 Å². The third-order valence-electron chi connectivity index (χ3n) is 4.86. The van der Waals surface area contributed by atoms with Gasteiger partial charge in [-0.05, 0) is 36.1 Å². The molecule has 0 saturated heterocycles. The van der Waals surface area contributed by atoms with Crippen molar-refractivity contribution in [1.29, 1.82) is 0 Å². The molecular formula is C22H30N4O. The normalized spacial score (nSPS) is 14.8. The van der Waals surface area contributed by atoms with Crippen LogP contribution in [0.1, 0.15) is 23.6 Å². The first-order valence-electron chi connectivity index (χ1n) is 9.56. The summed E-state index contributed by atoms with van der Waals surface area (Å²) in [5.74, 6) is 0.789. The van der Waals surface area contributed by atoms with E-state index >= 15 is 0 Å². The van der Waals surface area contributed by atoms with Gasteiger partial charge in [0.05, 0.1) is 6.61 Å². The lowest BCUT2D eigenvalue weighted by Gasteiger charge is -2.20. The Morgan fingerprint density at radius 2 is 1.89 bits per heavy atom. The average Bonchev–Trinajstić information content (AvgIpc) is 3.09. The summed E-state index contributed by atoms with van der Waals surface area (Å²) in [6, 6.07) is 17.8. The molecule has 2 aromatic rings. The molecule has 0 aliphatic carbocycles. The first kappa shape index (κ1) is 19.2. The molecule has 0 spiro atoms. The van der Waals surface area contributed by atoms with Crippen LogP contribution in [0.5, 0.6) is 0 Å². The van der Waals surface area contributed by atoms with E-state index in [9.17, 15) is 0 Å². The molecule has 1 aliphatic rings. The summed E-state index contributed by atoms with van der Waals surface area (Å²) in [5.41, 5.74) is 5.41. The number of nitrogens with zero attached hydrogens (tertiary/aromatic N) is 2. The number of para-hydroxylation sites is 1.